The van der Waals surface area contributed by atoms with E-state index in [1.54, 1.807) is 0 Å². The molecule has 108 valence electrons. The Morgan fingerprint density at radius 2 is 1.74 bits per heavy atom. The van der Waals surface area contributed by atoms with Gasteiger partial charge in [0.05, 0.1) is 6.54 Å². The molecule has 0 N–H and O–H groups in total. The molecule has 0 atom stereocenters. The van der Waals surface area contributed by atoms with Gasteiger partial charge in [0.25, 0.3) is 0 Å². The molecule has 0 bridgehead atoms. The van der Waals surface area contributed by atoms with Crippen molar-refractivity contribution in [1.82, 2.24) is 9.80 Å². The Morgan fingerprint density at radius 1 is 1.16 bits per heavy atom. The van der Waals surface area contributed by atoms with E-state index in [0.717, 1.165) is 0 Å². The molecule has 1 aliphatic carbocycles. The molecular formula is C15H26N2O2. The molecule has 1 saturated heterocycles. The van der Waals surface area contributed by atoms with Crippen LogP contribution in [0.5, 0.6) is 0 Å². The molecule has 4 nitrogen and oxygen atoms in total. The summed E-state index contributed by atoms with van der Waals surface area (Å²) in [4.78, 5) is 27.5. The number of hydrogen-bond acceptors (Lipinski definition) is 3. The smallest absolute Gasteiger partial charge is 0.236 e. The summed E-state index contributed by atoms with van der Waals surface area (Å²) in [7, 11) is 2.07. The second-order valence-electron chi connectivity index (χ2n) is 5.98. The Bertz CT molecular complexity index is 312. The van der Waals surface area contributed by atoms with Gasteiger partial charge in [-0.15, -0.1) is 0 Å². The second kappa shape index (κ2) is 7.04. The quantitative estimate of drug-likeness (QED) is 0.732. The van der Waals surface area contributed by atoms with Crippen molar-refractivity contribution in [3.8, 4) is 0 Å². The Balaban J connectivity index is 1.78. The number of Topliss-reactive ketones (excluding diaryl/α,β-unsaturated/α-hetero) is 1. The molecule has 1 saturated carbocycles. The van der Waals surface area contributed by atoms with Crippen LogP contribution in [0.4, 0.5) is 0 Å². The first kappa shape index (κ1) is 14.5. The third-order valence-corrected chi connectivity index (χ3v) is 4.51. The van der Waals surface area contributed by atoms with E-state index < -0.39 is 0 Å². The molecule has 0 aromatic heterocycles. The number of piperidine rings is 1. The fourth-order valence-electron chi connectivity index (χ4n) is 3.15. The van der Waals surface area contributed by atoms with E-state index in [2.05, 4.69) is 11.9 Å². The first-order valence-corrected chi connectivity index (χ1v) is 7.66. The monoisotopic (exact) mass is 266 g/mol. The zero-order valence-corrected chi connectivity index (χ0v) is 12.1. The standard InChI is InChI=1S/C15H26N2O2/c1-16(13-6-4-2-3-5-7-13)12-15(19)17-10-8-14(18)9-11-17/h13H,2-12H2,1H3. The van der Waals surface area contributed by atoms with E-state index in [1.165, 1.54) is 38.5 Å². The fraction of sp³-hybridized carbons (Fsp3) is 0.867. The molecule has 19 heavy (non-hydrogen) atoms. The zero-order valence-electron chi connectivity index (χ0n) is 12.1. The van der Waals surface area contributed by atoms with Crippen LogP contribution in [-0.4, -0.2) is 54.2 Å². The van der Waals surface area contributed by atoms with Crippen LogP contribution < -0.4 is 0 Å². The molecule has 2 aliphatic rings. The van der Waals surface area contributed by atoms with Crippen molar-refractivity contribution >= 4 is 11.7 Å². The predicted octanol–water partition coefficient (Wildman–Crippen LogP) is 1.83. The van der Waals surface area contributed by atoms with Gasteiger partial charge in [0.15, 0.2) is 0 Å². The van der Waals surface area contributed by atoms with Crippen LogP contribution in [-0.2, 0) is 9.59 Å². The van der Waals surface area contributed by atoms with Gasteiger partial charge < -0.3 is 4.90 Å². The maximum Gasteiger partial charge on any atom is 0.236 e. The average Bonchev–Trinajstić information content (AvgIpc) is 2.68. The number of likely N-dealkylation sites (N-methyl/N-ethyl adjacent to an activating group) is 1. The van der Waals surface area contributed by atoms with Crippen molar-refractivity contribution in [2.45, 2.75) is 57.4 Å². The van der Waals surface area contributed by atoms with Crippen LogP contribution >= 0.6 is 0 Å². The van der Waals surface area contributed by atoms with Gasteiger partial charge in [-0.25, -0.2) is 0 Å². The number of carbonyl (C=O) groups is 2. The number of likely N-dealkylation sites (tertiary alicyclic amines) is 1. The van der Waals surface area contributed by atoms with E-state index in [4.69, 9.17) is 0 Å². The van der Waals surface area contributed by atoms with Crippen LogP contribution in [0, 0.1) is 0 Å². The van der Waals surface area contributed by atoms with Gasteiger partial charge in [-0.05, 0) is 19.9 Å². The molecule has 2 fully saturated rings. The number of amides is 1. The van der Waals surface area contributed by atoms with E-state index in [9.17, 15) is 9.59 Å². The van der Waals surface area contributed by atoms with Gasteiger partial charge in [-0.3, -0.25) is 14.5 Å². The molecule has 0 aromatic carbocycles. The minimum absolute atomic E-state index is 0.194. The predicted molar refractivity (Wildman–Crippen MR) is 74.9 cm³/mol. The SMILES string of the molecule is CN(CC(=O)N1CCC(=O)CC1)C1CCCCCC1. The highest BCUT2D eigenvalue weighted by Gasteiger charge is 2.24. The Labute approximate surface area is 116 Å². The van der Waals surface area contributed by atoms with Gasteiger partial charge in [-0.1, -0.05) is 25.7 Å². The molecule has 0 unspecified atom stereocenters. The largest absolute Gasteiger partial charge is 0.341 e. The Hall–Kier alpha value is -0.900. The second-order valence-corrected chi connectivity index (χ2v) is 5.98. The zero-order chi connectivity index (χ0) is 13.7. The minimum atomic E-state index is 0.194. The topological polar surface area (TPSA) is 40.6 Å². The number of rotatable bonds is 3. The summed E-state index contributed by atoms with van der Waals surface area (Å²) in [6, 6.07) is 0.567. The van der Waals surface area contributed by atoms with Crippen LogP contribution in [0.2, 0.25) is 0 Å². The third-order valence-electron chi connectivity index (χ3n) is 4.51. The molecule has 4 heteroatoms. The van der Waals surface area contributed by atoms with Crippen molar-refractivity contribution in [2.24, 2.45) is 0 Å². The molecule has 0 radical (unpaired) electrons. The van der Waals surface area contributed by atoms with Crippen molar-refractivity contribution in [3.05, 3.63) is 0 Å². The molecule has 1 heterocycles. The number of ketones is 1. The van der Waals surface area contributed by atoms with Gasteiger partial charge in [-0.2, -0.15) is 0 Å². The highest BCUT2D eigenvalue weighted by molar-refractivity contribution is 5.84. The Kier molecular flexibility index (Phi) is 5.37. The lowest BCUT2D eigenvalue weighted by molar-refractivity contribution is -0.135. The molecule has 1 aliphatic heterocycles. The lowest BCUT2D eigenvalue weighted by atomic mass is 10.1. The van der Waals surface area contributed by atoms with Crippen molar-refractivity contribution in [2.75, 3.05) is 26.7 Å². The van der Waals surface area contributed by atoms with E-state index >= 15 is 0 Å². The summed E-state index contributed by atoms with van der Waals surface area (Å²) in [6.07, 6.45) is 8.80. The van der Waals surface area contributed by atoms with Crippen LogP contribution in [0.15, 0.2) is 0 Å². The lowest BCUT2D eigenvalue weighted by Crippen LogP contribution is -2.45. The normalized spacial score (nSPS) is 22.6. The molecular weight excluding hydrogens is 240 g/mol. The van der Waals surface area contributed by atoms with Gasteiger partial charge in [0.1, 0.15) is 5.78 Å². The highest BCUT2D eigenvalue weighted by atomic mass is 16.2. The van der Waals surface area contributed by atoms with Crippen molar-refractivity contribution < 1.29 is 9.59 Å². The molecule has 2 rings (SSSR count). The maximum atomic E-state index is 12.2. The summed E-state index contributed by atoms with van der Waals surface area (Å²) >= 11 is 0. The summed E-state index contributed by atoms with van der Waals surface area (Å²) < 4.78 is 0. The van der Waals surface area contributed by atoms with Gasteiger partial charge in [0.2, 0.25) is 5.91 Å². The first-order chi connectivity index (χ1) is 9.16. The summed E-state index contributed by atoms with van der Waals surface area (Å²) in [5.41, 5.74) is 0. The van der Waals surface area contributed by atoms with Crippen molar-refractivity contribution in [1.29, 1.82) is 0 Å². The maximum absolute atomic E-state index is 12.2. The number of carbonyl (C=O) groups excluding carboxylic acids is 2. The first-order valence-electron chi connectivity index (χ1n) is 7.66. The van der Waals surface area contributed by atoms with Gasteiger partial charge >= 0.3 is 0 Å². The van der Waals surface area contributed by atoms with Crippen molar-refractivity contribution in [3.63, 3.8) is 0 Å². The fourth-order valence-corrected chi connectivity index (χ4v) is 3.15. The number of hydrogen-bond donors (Lipinski definition) is 0. The van der Waals surface area contributed by atoms with E-state index in [1.807, 2.05) is 4.90 Å². The average molecular weight is 266 g/mol. The van der Waals surface area contributed by atoms with E-state index in [0.29, 0.717) is 44.3 Å². The van der Waals surface area contributed by atoms with E-state index in [-0.39, 0.29) is 5.91 Å². The Morgan fingerprint density at radius 3 is 2.32 bits per heavy atom. The molecule has 0 aromatic rings. The number of nitrogens with zero attached hydrogens (tertiary/aromatic N) is 2. The van der Waals surface area contributed by atoms with Crippen LogP contribution in [0.1, 0.15) is 51.4 Å². The lowest BCUT2D eigenvalue weighted by Gasteiger charge is -2.31. The third kappa shape index (κ3) is 4.30. The summed E-state index contributed by atoms with van der Waals surface area (Å²) in [5, 5.41) is 0. The van der Waals surface area contributed by atoms with Crippen LogP contribution in [0.3, 0.4) is 0 Å². The molecule has 0 spiro atoms. The summed E-state index contributed by atoms with van der Waals surface area (Å²) in [5.74, 6) is 0.486. The highest BCUT2D eigenvalue weighted by Crippen LogP contribution is 2.21. The van der Waals surface area contributed by atoms with Gasteiger partial charge in [0, 0.05) is 32.0 Å². The van der Waals surface area contributed by atoms with Crippen LogP contribution in [0.25, 0.3) is 0 Å². The molecule has 1 amide bonds. The minimum Gasteiger partial charge on any atom is -0.341 e. The summed E-state index contributed by atoms with van der Waals surface area (Å²) in [6.45, 7) is 1.76.